The minimum Gasteiger partial charge on any atom is -0.257 e. The summed E-state index contributed by atoms with van der Waals surface area (Å²) in [5, 5.41) is 7.66. The molecule has 1 aliphatic heterocycles. The molecule has 0 N–H and O–H groups in total. The smallest absolute Gasteiger partial charge is 0.132 e. The Kier molecular flexibility index (Phi) is 1.12. The van der Waals surface area contributed by atoms with Crippen molar-refractivity contribution < 1.29 is 4.63 Å². The number of hydrogen-bond donors (Lipinski definition) is 0. The Hall–Kier alpha value is -1.71. The molecule has 0 fully saturated rings. The predicted octanol–water partition coefficient (Wildman–Crippen LogP) is 1.54. The van der Waals surface area contributed by atoms with Crippen LogP contribution in [0.1, 0.15) is 24.2 Å². The zero-order chi connectivity index (χ0) is 8.84. The van der Waals surface area contributed by atoms with Crippen molar-refractivity contribution in [2.24, 2.45) is 4.99 Å². The third-order valence-electron chi connectivity index (χ3n) is 2.28. The summed E-state index contributed by atoms with van der Waals surface area (Å²) in [6, 6.07) is 0. The fourth-order valence-corrected chi connectivity index (χ4v) is 1.70. The van der Waals surface area contributed by atoms with Gasteiger partial charge in [-0.05, 0) is 25.2 Å². The number of nitrogens with zero attached hydrogens (tertiary/aromatic N) is 3. The molecule has 4 heteroatoms. The number of aliphatic imine (C=N–C) groups is 1. The minimum atomic E-state index is 0.159. The van der Waals surface area contributed by atoms with Gasteiger partial charge < -0.3 is 0 Å². The summed E-state index contributed by atoms with van der Waals surface area (Å²) < 4.78 is 4.68. The van der Waals surface area contributed by atoms with Gasteiger partial charge in [0.15, 0.2) is 0 Å². The highest BCUT2D eigenvalue weighted by Gasteiger charge is 2.28. The molecule has 3 rings (SSSR count). The lowest BCUT2D eigenvalue weighted by molar-refractivity contribution is 0.303. The molecule has 1 aromatic rings. The highest BCUT2D eigenvalue weighted by atomic mass is 16.6. The van der Waals surface area contributed by atoms with Gasteiger partial charge in [-0.1, -0.05) is 10.3 Å². The molecule has 1 atom stereocenters. The molecule has 2 aliphatic rings. The molecule has 0 aromatic carbocycles. The molecular formula is C9H7N3O. The van der Waals surface area contributed by atoms with E-state index in [0.717, 1.165) is 22.8 Å². The summed E-state index contributed by atoms with van der Waals surface area (Å²) >= 11 is 0. The van der Waals surface area contributed by atoms with Crippen LogP contribution in [0.3, 0.4) is 0 Å². The van der Waals surface area contributed by atoms with Crippen LogP contribution in [-0.4, -0.2) is 16.0 Å². The molecule has 0 saturated heterocycles. The Balaban J connectivity index is 2.22. The molecule has 1 aromatic heterocycles. The van der Waals surface area contributed by atoms with E-state index in [1.165, 1.54) is 0 Å². The van der Waals surface area contributed by atoms with E-state index in [1.807, 2.05) is 19.1 Å². The molecule has 1 aliphatic carbocycles. The lowest BCUT2D eigenvalue weighted by Crippen LogP contribution is -2.09. The SMILES string of the molecule is CC1=C[C@@H]2C(=N1)C=Cc1nonc12. The van der Waals surface area contributed by atoms with Gasteiger partial charge in [0.2, 0.25) is 0 Å². The summed E-state index contributed by atoms with van der Waals surface area (Å²) in [6.45, 7) is 1.98. The monoisotopic (exact) mass is 173 g/mol. The van der Waals surface area contributed by atoms with E-state index in [4.69, 9.17) is 0 Å². The summed E-state index contributed by atoms with van der Waals surface area (Å²) in [4.78, 5) is 4.37. The van der Waals surface area contributed by atoms with E-state index < -0.39 is 0 Å². The number of hydrogen-bond acceptors (Lipinski definition) is 4. The molecule has 13 heavy (non-hydrogen) atoms. The summed E-state index contributed by atoms with van der Waals surface area (Å²) in [6.07, 6.45) is 5.92. The highest BCUT2D eigenvalue weighted by Crippen LogP contribution is 2.31. The van der Waals surface area contributed by atoms with Crippen LogP contribution in [0.25, 0.3) is 6.08 Å². The lowest BCUT2D eigenvalue weighted by atomic mass is 9.94. The van der Waals surface area contributed by atoms with E-state index in [1.54, 1.807) is 0 Å². The molecule has 0 radical (unpaired) electrons. The number of fused-ring (bicyclic) bond motifs is 3. The van der Waals surface area contributed by atoms with Gasteiger partial charge >= 0.3 is 0 Å². The molecular weight excluding hydrogens is 166 g/mol. The van der Waals surface area contributed by atoms with Crippen molar-refractivity contribution in [2.45, 2.75) is 12.8 Å². The summed E-state index contributed by atoms with van der Waals surface area (Å²) in [7, 11) is 0. The van der Waals surface area contributed by atoms with Gasteiger partial charge in [0.25, 0.3) is 0 Å². The van der Waals surface area contributed by atoms with Crippen LogP contribution in [-0.2, 0) is 0 Å². The van der Waals surface area contributed by atoms with Crippen molar-refractivity contribution in [1.29, 1.82) is 0 Å². The van der Waals surface area contributed by atoms with Crippen molar-refractivity contribution in [1.82, 2.24) is 10.3 Å². The van der Waals surface area contributed by atoms with Crippen LogP contribution in [0, 0.1) is 0 Å². The van der Waals surface area contributed by atoms with E-state index >= 15 is 0 Å². The van der Waals surface area contributed by atoms with Gasteiger partial charge in [0.1, 0.15) is 11.4 Å². The standard InChI is InChI=1S/C9H7N3O/c1-5-4-6-7(10-5)2-3-8-9(6)12-13-11-8/h2-4,6H,1H3/t6-/m1/s1. The topological polar surface area (TPSA) is 51.3 Å². The maximum absolute atomic E-state index is 4.68. The van der Waals surface area contributed by atoms with Gasteiger partial charge in [-0.25, -0.2) is 4.63 Å². The Morgan fingerprint density at radius 1 is 1.31 bits per heavy atom. The third kappa shape index (κ3) is 0.824. The molecule has 0 spiro atoms. The van der Waals surface area contributed by atoms with Crippen LogP contribution in [0.5, 0.6) is 0 Å². The fraction of sp³-hybridized carbons (Fsp3) is 0.222. The summed E-state index contributed by atoms with van der Waals surface area (Å²) in [5.74, 6) is 0.159. The van der Waals surface area contributed by atoms with Crippen LogP contribution in [0.2, 0.25) is 0 Å². The molecule has 4 nitrogen and oxygen atoms in total. The zero-order valence-corrected chi connectivity index (χ0v) is 7.06. The predicted molar refractivity (Wildman–Crippen MR) is 47.3 cm³/mol. The van der Waals surface area contributed by atoms with Gasteiger partial charge in [0.05, 0.1) is 11.6 Å². The maximum atomic E-state index is 4.68. The molecule has 64 valence electrons. The second-order valence-corrected chi connectivity index (χ2v) is 3.19. The molecule has 0 bridgehead atoms. The van der Waals surface area contributed by atoms with Crippen molar-refractivity contribution >= 4 is 11.8 Å². The Morgan fingerprint density at radius 2 is 2.23 bits per heavy atom. The van der Waals surface area contributed by atoms with Crippen molar-refractivity contribution in [3.63, 3.8) is 0 Å². The number of aromatic nitrogens is 2. The van der Waals surface area contributed by atoms with Gasteiger partial charge in [-0.2, -0.15) is 0 Å². The fourth-order valence-electron chi connectivity index (χ4n) is 1.70. The Morgan fingerprint density at radius 3 is 3.15 bits per heavy atom. The first-order valence-electron chi connectivity index (χ1n) is 4.12. The Bertz CT molecular complexity index is 453. The van der Waals surface area contributed by atoms with Crippen LogP contribution in [0.15, 0.2) is 27.5 Å². The third-order valence-corrected chi connectivity index (χ3v) is 2.28. The lowest BCUT2D eigenvalue weighted by Gasteiger charge is -2.08. The van der Waals surface area contributed by atoms with Gasteiger partial charge in [-0.3, -0.25) is 4.99 Å². The molecule has 0 unspecified atom stereocenters. The molecule has 0 saturated carbocycles. The van der Waals surface area contributed by atoms with E-state index in [0.29, 0.717) is 0 Å². The van der Waals surface area contributed by atoms with E-state index in [2.05, 4.69) is 26.0 Å². The van der Waals surface area contributed by atoms with E-state index in [9.17, 15) is 0 Å². The van der Waals surface area contributed by atoms with Crippen LogP contribution >= 0.6 is 0 Å². The van der Waals surface area contributed by atoms with Crippen molar-refractivity contribution in [2.75, 3.05) is 0 Å². The quantitative estimate of drug-likeness (QED) is 0.597. The van der Waals surface area contributed by atoms with E-state index in [-0.39, 0.29) is 5.92 Å². The first-order valence-corrected chi connectivity index (χ1v) is 4.12. The van der Waals surface area contributed by atoms with Gasteiger partial charge in [-0.15, -0.1) is 0 Å². The Labute approximate surface area is 74.6 Å². The molecule has 2 heterocycles. The second-order valence-electron chi connectivity index (χ2n) is 3.19. The average Bonchev–Trinajstić information content (AvgIpc) is 2.65. The van der Waals surface area contributed by atoms with Crippen molar-refractivity contribution in [3.8, 4) is 0 Å². The average molecular weight is 173 g/mol. The molecule has 0 amide bonds. The first kappa shape index (κ1) is 6.77. The number of allylic oxidation sites excluding steroid dienone is 3. The van der Waals surface area contributed by atoms with Crippen LogP contribution in [0.4, 0.5) is 0 Å². The summed E-state index contributed by atoms with van der Waals surface area (Å²) in [5.41, 5.74) is 3.74. The van der Waals surface area contributed by atoms with Crippen molar-refractivity contribution in [3.05, 3.63) is 29.2 Å². The zero-order valence-electron chi connectivity index (χ0n) is 7.06. The number of rotatable bonds is 0. The van der Waals surface area contributed by atoms with Crippen LogP contribution < -0.4 is 0 Å². The highest BCUT2D eigenvalue weighted by molar-refractivity contribution is 6.08. The second kappa shape index (κ2) is 2.16. The first-order chi connectivity index (χ1) is 6.34. The maximum Gasteiger partial charge on any atom is 0.132 e. The van der Waals surface area contributed by atoms with Gasteiger partial charge in [0, 0.05) is 5.70 Å². The minimum absolute atomic E-state index is 0.159. The normalized spacial score (nSPS) is 23.6. The largest absolute Gasteiger partial charge is 0.257 e.